The highest BCUT2D eigenvalue weighted by molar-refractivity contribution is 6.31. The van der Waals surface area contributed by atoms with E-state index in [9.17, 15) is 9.59 Å². The Labute approximate surface area is 111 Å². The predicted molar refractivity (Wildman–Crippen MR) is 68.9 cm³/mol. The normalized spacial score (nSPS) is 22.9. The number of rotatable bonds is 4. The van der Waals surface area contributed by atoms with Crippen LogP contribution >= 0.6 is 11.6 Å². The van der Waals surface area contributed by atoms with E-state index in [1.807, 2.05) is 0 Å². The third-order valence-corrected chi connectivity index (χ3v) is 3.81. The zero-order valence-electron chi connectivity index (χ0n) is 9.93. The van der Waals surface area contributed by atoms with Gasteiger partial charge < -0.3 is 5.11 Å². The van der Waals surface area contributed by atoms with Gasteiger partial charge in [0.05, 0.1) is 5.92 Å². The SMILES string of the molecule is O=C(C[C@H]1CCC[C@@H]1C(=O)O)c1cccc(Cl)c1. The van der Waals surface area contributed by atoms with Crippen LogP contribution in [-0.2, 0) is 4.79 Å². The number of hydrogen-bond acceptors (Lipinski definition) is 2. The van der Waals surface area contributed by atoms with E-state index in [1.165, 1.54) is 0 Å². The van der Waals surface area contributed by atoms with Gasteiger partial charge in [0.15, 0.2) is 5.78 Å². The van der Waals surface area contributed by atoms with Crippen molar-refractivity contribution in [3.63, 3.8) is 0 Å². The molecule has 1 saturated carbocycles. The van der Waals surface area contributed by atoms with Crippen LogP contribution in [0.25, 0.3) is 0 Å². The highest BCUT2D eigenvalue weighted by atomic mass is 35.5. The molecule has 0 saturated heterocycles. The maximum Gasteiger partial charge on any atom is 0.306 e. The molecule has 0 spiro atoms. The molecule has 1 N–H and O–H groups in total. The van der Waals surface area contributed by atoms with Crippen molar-refractivity contribution in [3.8, 4) is 0 Å². The number of Topliss-reactive ketones (excluding diaryl/α,β-unsaturated/α-hetero) is 1. The van der Waals surface area contributed by atoms with E-state index in [2.05, 4.69) is 0 Å². The smallest absolute Gasteiger partial charge is 0.306 e. The molecular weight excluding hydrogens is 252 g/mol. The number of carboxylic acid groups (broad SMARTS) is 1. The summed E-state index contributed by atoms with van der Waals surface area (Å²) in [6.07, 6.45) is 2.70. The minimum Gasteiger partial charge on any atom is -0.481 e. The second kappa shape index (κ2) is 5.53. The molecule has 1 aromatic rings. The van der Waals surface area contributed by atoms with Crippen LogP contribution in [0.3, 0.4) is 0 Å². The van der Waals surface area contributed by atoms with E-state index in [1.54, 1.807) is 24.3 Å². The van der Waals surface area contributed by atoms with Gasteiger partial charge in [0, 0.05) is 17.0 Å². The van der Waals surface area contributed by atoms with Gasteiger partial charge in [-0.05, 0) is 30.9 Å². The topological polar surface area (TPSA) is 54.4 Å². The molecule has 2 rings (SSSR count). The molecule has 18 heavy (non-hydrogen) atoms. The molecular formula is C14H15ClO3. The lowest BCUT2D eigenvalue weighted by atomic mass is 9.89. The van der Waals surface area contributed by atoms with E-state index in [0.29, 0.717) is 23.4 Å². The first-order valence-corrected chi connectivity index (χ1v) is 6.47. The van der Waals surface area contributed by atoms with Crippen LogP contribution in [0.2, 0.25) is 5.02 Å². The van der Waals surface area contributed by atoms with Gasteiger partial charge >= 0.3 is 5.97 Å². The first-order valence-electron chi connectivity index (χ1n) is 6.09. The fraction of sp³-hybridized carbons (Fsp3) is 0.429. The molecule has 0 bridgehead atoms. The number of carbonyl (C=O) groups is 2. The summed E-state index contributed by atoms with van der Waals surface area (Å²) in [6.45, 7) is 0. The zero-order chi connectivity index (χ0) is 13.1. The van der Waals surface area contributed by atoms with Gasteiger partial charge in [-0.3, -0.25) is 9.59 Å². The summed E-state index contributed by atoms with van der Waals surface area (Å²) < 4.78 is 0. The highest BCUT2D eigenvalue weighted by Crippen LogP contribution is 2.35. The fourth-order valence-electron chi connectivity index (χ4n) is 2.62. The molecule has 3 nitrogen and oxygen atoms in total. The van der Waals surface area contributed by atoms with Crippen molar-refractivity contribution in [3.05, 3.63) is 34.9 Å². The van der Waals surface area contributed by atoms with Gasteiger partial charge in [-0.25, -0.2) is 0 Å². The fourth-order valence-corrected chi connectivity index (χ4v) is 2.81. The van der Waals surface area contributed by atoms with Crippen molar-refractivity contribution in [2.24, 2.45) is 11.8 Å². The number of carboxylic acids is 1. The minimum atomic E-state index is -0.781. The van der Waals surface area contributed by atoms with Crippen molar-refractivity contribution in [2.45, 2.75) is 25.7 Å². The monoisotopic (exact) mass is 266 g/mol. The van der Waals surface area contributed by atoms with Crippen LogP contribution in [0.5, 0.6) is 0 Å². The highest BCUT2D eigenvalue weighted by Gasteiger charge is 2.34. The Hall–Kier alpha value is -1.35. The maximum absolute atomic E-state index is 12.1. The Kier molecular flexibility index (Phi) is 4.02. The Morgan fingerprint density at radius 3 is 2.78 bits per heavy atom. The Bertz CT molecular complexity index is 470. The molecule has 0 unspecified atom stereocenters. The molecule has 0 radical (unpaired) electrons. The molecule has 4 heteroatoms. The van der Waals surface area contributed by atoms with E-state index in [0.717, 1.165) is 12.8 Å². The van der Waals surface area contributed by atoms with E-state index < -0.39 is 5.97 Å². The quantitative estimate of drug-likeness (QED) is 0.850. The Balaban J connectivity index is 2.05. The van der Waals surface area contributed by atoms with Crippen LogP contribution in [0.1, 0.15) is 36.0 Å². The number of carbonyl (C=O) groups excluding carboxylic acids is 1. The molecule has 0 heterocycles. The Morgan fingerprint density at radius 2 is 2.11 bits per heavy atom. The summed E-state index contributed by atoms with van der Waals surface area (Å²) in [5, 5.41) is 9.61. The minimum absolute atomic E-state index is 0.0179. The van der Waals surface area contributed by atoms with Crippen LogP contribution < -0.4 is 0 Å². The standard InChI is InChI=1S/C14H15ClO3/c15-11-5-1-4-10(7-11)13(16)8-9-3-2-6-12(9)14(17)18/h1,4-5,7,9,12H,2-3,6,8H2,(H,17,18)/t9-,12+/m1/s1. The maximum atomic E-state index is 12.1. The third kappa shape index (κ3) is 2.91. The number of halogens is 1. The largest absolute Gasteiger partial charge is 0.481 e. The molecule has 1 fully saturated rings. The number of aliphatic carboxylic acids is 1. The molecule has 0 aliphatic heterocycles. The summed E-state index contributed by atoms with van der Waals surface area (Å²) in [6, 6.07) is 6.81. The van der Waals surface area contributed by atoms with Gasteiger partial charge in [-0.1, -0.05) is 30.2 Å². The van der Waals surface area contributed by atoms with E-state index >= 15 is 0 Å². The lowest BCUT2D eigenvalue weighted by Crippen LogP contribution is -2.20. The zero-order valence-corrected chi connectivity index (χ0v) is 10.7. The van der Waals surface area contributed by atoms with Gasteiger partial charge in [0.25, 0.3) is 0 Å². The van der Waals surface area contributed by atoms with Crippen molar-refractivity contribution in [1.82, 2.24) is 0 Å². The summed E-state index contributed by atoms with van der Waals surface area (Å²) in [5.41, 5.74) is 0.568. The number of ketones is 1. The van der Waals surface area contributed by atoms with E-state index in [4.69, 9.17) is 16.7 Å². The first kappa shape index (κ1) is 13.1. The molecule has 96 valence electrons. The summed E-state index contributed by atoms with van der Waals surface area (Å²) >= 11 is 5.84. The molecule has 0 amide bonds. The Morgan fingerprint density at radius 1 is 1.33 bits per heavy atom. The molecule has 0 aromatic heterocycles. The van der Waals surface area contributed by atoms with E-state index in [-0.39, 0.29) is 17.6 Å². The summed E-state index contributed by atoms with van der Waals surface area (Å²) in [7, 11) is 0. The predicted octanol–water partition coefficient (Wildman–Crippen LogP) is 3.41. The lowest BCUT2D eigenvalue weighted by Gasteiger charge is -2.14. The molecule has 1 aromatic carbocycles. The van der Waals surface area contributed by atoms with Crippen molar-refractivity contribution < 1.29 is 14.7 Å². The van der Waals surface area contributed by atoms with Crippen LogP contribution in [0.15, 0.2) is 24.3 Å². The summed E-state index contributed by atoms with van der Waals surface area (Å²) in [4.78, 5) is 23.1. The number of benzene rings is 1. The first-order chi connectivity index (χ1) is 8.58. The van der Waals surface area contributed by atoms with Gasteiger partial charge in [-0.15, -0.1) is 0 Å². The number of hydrogen-bond donors (Lipinski definition) is 1. The lowest BCUT2D eigenvalue weighted by molar-refractivity contribution is -0.142. The van der Waals surface area contributed by atoms with Crippen LogP contribution in [0, 0.1) is 11.8 Å². The summed E-state index contributed by atoms with van der Waals surface area (Å²) in [5.74, 6) is -1.20. The second-order valence-electron chi connectivity index (χ2n) is 4.77. The van der Waals surface area contributed by atoms with Crippen LogP contribution in [-0.4, -0.2) is 16.9 Å². The molecule has 1 aliphatic rings. The molecule has 1 aliphatic carbocycles. The van der Waals surface area contributed by atoms with Gasteiger partial charge in [0.1, 0.15) is 0 Å². The molecule has 2 atom stereocenters. The van der Waals surface area contributed by atoms with Crippen molar-refractivity contribution in [1.29, 1.82) is 0 Å². The average molecular weight is 267 g/mol. The second-order valence-corrected chi connectivity index (χ2v) is 5.21. The van der Waals surface area contributed by atoms with Crippen LogP contribution in [0.4, 0.5) is 0 Å². The third-order valence-electron chi connectivity index (χ3n) is 3.57. The van der Waals surface area contributed by atoms with Crippen molar-refractivity contribution in [2.75, 3.05) is 0 Å². The van der Waals surface area contributed by atoms with Crippen molar-refractivity contribution >= 4 is 23.4 Å². The average Bonchev–Trinajstić information content (AvgIpc) is 2.77. The van der Waals surface area contributed by atoms with Gasteiger partial charge in [-0.2, -0.15) is 0 Å². The van der Waals surface area contributed by atoms with Gasteiger partial charge in [0.2, 0.25) is 0 Å².